The SMILES string of the molecule is CNCc1scc(C)c1S(=O)(=O)Nc1cc(C)cc(C)n1. The van der Waals surface area contributed by atoms with Crippen LogP contribution >= 0.6 is 11.3 Å². The molecule has 0 unspecified atom stereocenters. The summed E-state index contributed by atoms with van der Waals surface area (Å²) in [4.78, 5) is 5.38. The summed E-state index contributed by atoms with van der Waals surface area (Å²) in [7, 11) is -1.83. The van der Waals surface area contributed by atoms with Gasteiger partial charge in [-0.15, -0.1) is 11.3 Å². The van der Waals surface area contributed by atoms with E-state index in [2.05, 4.69) is 15.0 Å². The van der Waals surface area contributed by atoms with Crippen molar-refractivity contribution in [2.75, 3.05) is 11.8 Å². The van der Waals surface area contributed by atoms with Crippen molar-refractivity contribution in [3.05, 3.63) is 39.2 Å². The lowest BCUT2D eigenvalue weighted by atomic mass is 10.2. The van der Waals surface area contributed by atoms with Crippen LogP contribution in [0.25, 0.3) is 0 Å². The van der Waals surface area contributed by atoms with Gasteiger partial charge in [0.05, 0.1) is 0 Å². The van der Waals surface area contributed by atoms with Crippen molar-refractivity contribution in [2.24, 2.45) is 0 Å². The standard InChI is InChI=1S/C14H19N3O2S2/c1-9-5-11(3)16-13(6-9)17-21(18,19)14-10(2)8-20-12(14)7-15-4/h5-6,8,15H,7H2,1-4H3,(H,16,17). The van der Waals surface area contributed by atoms with E-state index >= 15 is 0 Å². The molecular weight excluding hydrogens is 306 g/mol. The summed E-state index contributed by atoms with van der Waals surface area (Å²) in [5.41, 5.74) is 2.50. The third kappa shape index (κ3) is 3.61. The van der Waals surface area contributed by atoms with E-state index in [9.17, 15) is 8.42 Å². The average molecular weight is 325 g/mol. The van der Waals surface area contributed by atoms with Gasteiger partial charge in [0.1, 0.15) is 10.7 Å². The van der Waals surface area contributed by atoms with E-state index in [1.54, 1.807) is 20.0 Å². The van der Waals surface area contributed by atoms with Gasteiger partial charge in [-0.2, -0.15) is 0 Å². The Bertz CT molecular complexity index is 731. The summed E-state index contributed by atoms with van der Waals surface area (Å²) in [5.74, 6) is 0.355. The third-order valence-corrected chi connectivity index (χ3v) is 5.75. The molecule has 2 rings (SSSR count). The van der Waals surface area contributed by atoms with Gasteiger partial charge < -0.3 is 5.32 Å². The molecule has 2 aromatic heterocycles. The normalized spacial score (nSPS) is 11.6. The maximum Gasteiger partial charge on any atom is 0.264 e. The first kappa shape index (κ1) is 15.9. The van der Waals surface area contributed by atoms with E-state index in [1.807, 2.05) is 25.3 Å². The quantitative estimate of drug-likeness (QED) is 0.886. The van der Waals surface area contributed by atoms with Gasteiger partial charge in [0.25, 0.3) is 10.0 Å². The summed E-state index contributed by atoms with van der Waals surface area (Å²) >= 11 is 1.44. The van der Waals surface area contributed by atoms with Gasteiger partial charge in [-0.1, -0.05) is 0 Å². The van der Waals surface area contributed by atoms with Gasteiger partial charge in [-0.05, 0) is 56.5 Å². The van der Waals surface area contributed by atoms with Crippen molar-refractivity contribution in [1.82, 2.24) is 10.3 Å². The number of thiophene rings is 1. The molecule has 2 N–H and O–H groups in total. The molecule has 0 aliphatic carbocycles. The van der Waals surface area contributed by atoms with Crippen LogP contribution in [0.1, 0.15) is 21.7 Å². The smallest absolute Gasteiger partial charge is 0.264 e. The highest BCUT2D eigenvalue weighted by Gasteiger charge is 2.23. The Hall–Kier alpha value is -1.44. The van der Waals surface area contributed by atoms with Gasteiger partial charge in [0.2, 0.25) is 0 Å². The molecular formula is C14H19N3O2S2. The molecule has 0 atom stereocenters. The van der Waals surface area contributed by atoms with E-state index < -0.39 is 10.0 Å². The molecule has 0 aromatic carbocycles. The zero-order valence-electron chi connectivity index (χ0n) is 12.5. The van der Waals surface area contributed by atoms with Crippen LogP contribution in [0.2, 0.25) is 0 Å². The zero-order chi connectivity index (χ0) is 15.6. The van der Waals surface area contributed by atoms with Gasteiger partial charge in [0, 0.05) is 17.1 Å². The molecule has 5 nitrogen and oxygen atoms in total. The van der Waals surface area contributed by atoms with E-state index in [-0.39, 0.29) is 0 Å². The number of pyridine rings is 1. The van der Waals surface area contributed by atoms with Gasteiger partial charge in [-0.3, -0.25) is 4.72 Å². The van der Waals surface area contributed by atoms with E-state index in [1.165, 1.54) is 11.3 Å². The molecule has 0 spiro atoms. The predicted octanol–water partition coefficient (Wildman–Crippen LogP) is 2.59. The summed E-state index contributed by atoms with van der Waals surface area (Å²) in [6.45, 7) is 6.08. The molecule has 21 heavy (non-hydrogen) atoms. The largest absolute Gasteiger partial charge is 0.315 e. The second-order valence-electron chi connectivity index (χ2n) is 4.98. The minimum Gasteiger partial charge on any atom is -0.315 e. The van der Waals surface area contributed by atoms with Crippen LogP contribution < -0.4 is 10.0 Å². The number of sulfonamides is 1. The second-order valence-corrected chi connectivity index (χ2v) is 7.56. The molecule has 0 aliphatic rings. The van der Waals surface area contributed by atoms with E-state index in [0.29, 0.717) is 17.3 Å². The Kier molecular flexibility index (Phi) is 4.65. The summed E-state index contributed by atoms with van der Waals surface area (Å²) in [5, 5.41) is 4.85. The molecule has 0 fully saturated rings. The number of rotatable bonds is 5. The minimum atomic E-state index is -3.63. The Morgan fingerprint density at radius 3 is 2.57 bits per heavy atom. The van der Waals surface area contributed by atoms with Crippen LogP contribution in [0, 0.1) is 20.8 Å². The molecule has 0 amide bonds. The number of anilines is 1. The monoisotopic (exact) mass is 325 g/mol. The topological polar surface area (TPSA) is 71.1 Å². The van der Waals surface area contributed by atoms with Crippen LogP contribution in [0.4, 0.5) is 5.82 Å². The molecule has 0 radical (unpaired) electrons. The first-order valence-corrected chi connectivity index (χ1v) is 8.89. The number of aromatic nitrogens is 1. The van der Waals surface area contributed by atoms with Crippen LogP contribution in [0.3, 0.4) is 0 Å². The first-order chi connectivity index (χ1) is 9.83. The first-order valence-electron chi connectivity index (χ1n) is 6.53. The summed E-state index contributed by atoms with van der Waals surface area (Å²) < 4.78 is 27.8. The number of nitrogens with zero attached hydrogens (tertiary/aromatic N) is 1. The highest BCUT2D eigenvalue weighted by atomic mass is 32.2. The maximum atomic E-state index is 12.6. The number of nitrogens with one attached hydrogen (secondary N) is 2. The molecule has 0 saturated heterocycles. The highest BCUT2D eigenvalue weighted by molar-refractivity contribution is 7.93. The molecule has 0 bridgehead atoms. The van der Waals surface area contributed by atoms with Crippen LogP contribution in [-0.2, 0) is 16.6 Å². The molecule has 7 heteroatoms. The average Bonchev–Trinajstić information content (AvgIpc) is 2.69. The molecule has 2 heterocycles. The summed E-state index contributed by atoms with van der Waals surface area (Å²) in [6.07, 6.45) is 0. The van der Waals surface area contributed by atoms with Crippen LogP contribution in [-0.4, -0.2) is 20.4 Å². The molecule has 114 valence electrons. The van der Waals surface area contributed by atoms with Gasteiger partial charge in [-0.25, -0.2) is 13.4 Å². The van der Waals surface area contributed by atoms with Crippen molar-refractivity contribution < 1.29 is 8.42 Å². The van der Waals surface area contributed by atoms with Crippen molar-refractivity contribution >= 4 is 27.2 Å². The Morgan fingerprint density at radius 2 is 1.95 bits per heavy atom. The fraction of sp³-hybridized carbons (Fsp3) is 0.357. The molecule has 2 aromatic rings. The van der Waals surface area contributed by atoms with Crippen molar-refractivity contribution in [3.63, 3.8) is 0 Å². The Labute approximate surface area is 129 Å². The lowest BCUT2D eigenvalue weighted by molar-refractivity contribution is 0.599. The van der Waals surface area contributed by atoms with Crippen molar-refractivity contribution in [1.29, 1.82) is 0 Å². The number of hydrogen-bond donors (Lipinski definition) is 2. The van der Waals surface area contributed by atoms with E-state index in [4.69, 9.17) is 0 Å². The van der Waals surface area contributed by atoms with Gasteiger partial charge in [0.15, 0.2) is 0 Å². The van der Waals surface area contributed by atoms with Crippen LogP contribution in [0.15, 0.2) is 22.4 Å². The van der Waals surface area contributed by atoms with Crippen LogP contribution in [0.5, 0.6) is 0 Å². The van der Waals surface area contributed by atoms with Crippen molar-refractivity contribution in [3.8, 4) is 0 Å². The summed E-state index contributed by atoms with van der Waals surface area (Å²) in [6, 6.07) is 3.63. The lowest BCUT2D eigenvalue weighted by Gasteiger charge is -2.10. The Morgan fingerprint density at radius 1 is 1.24 bits per heavy atom. The highest BCUT2D eigenvalue weighted by Crippen LogP contribution is 2.28. The molecule has 0 aliphatic heterocycles. The minimum absolute atomic E-state index is 0.350. The van der Waals surface area contributed by atoms with Crippen molar-refractivity contribution in [2.45, 2.75) is 32.2 Å². The number of hydrogen-bond acceptors (Lipinski definition) is 5. The fourth-order valence-corrected chi connectivity index (χ4v) is 5.03. The predicted molar refractivity (Wildman–Crippen MR) is 86.3 cm³/mol. The number of aryl methyl sites for hydroxylation is 3. The lowest BCUT2D eigenvalue weighted by Crippen LogP contribution is -2.17. The third-order valence-electron chi connectivity index (χ3n) is 2.93. The zero-order valence-corrected chi connectivity index (χ0v) is 14.2. The fourth-order valence-electron chi connectivity index (χ4n) is 2.21. The molecule has 0 saturated carbocycles. The van der Waals surface area contributed by atoms with E-state index in [0.717, 1.165) is 21.7 Å². The Balaban J connectivity index is 2.41. The second kappa shape index (κ2) is 6.13. The maximum absolute atomic E-state index is 12.6. The van der Waals surface area contributed by atoms with Gasteiger partial charge >= 0.3 is 0 Å².